The third-order valence-electron chi connectivity index (χ3n) is 3.85. The molecule has 128 valence electrons. The van der Waals surface area contributed by atoms with E-state index in [1.165, 1.54) is 16.7 Å². The normalized spacial score (nSPS) is 10.4. The maximum Gasteiger partial charge on any atom is 0.172 e. The molecular weight excluding hydrogens is 328 g/mol. The Morgan fingerprint density at radius 2 is 1.84 bits per heavy atom. The molecule has 5 heteroatoms. The first-order valence-corrected chi connectivity index (χ1v) is 8.78. The van der Waals surface area contributed by atoms with E-state index in [0.717, 1.165) is 25.3 Å². The first-order valence-electron chi connectivity index (χ1n) is 8.37. The van der Waals surface area contributed by atoms with Gasteiger partial charge in [-0.3, -0.25) is 4.68 Å². The SMILES string of the molecule is Cc1cccc(Cn2ccc(NC(=S)NCCc3ccccc3)n2)c1. The van der Waals surface area contributed by atoms with Crippen molar-refractivity contribution in [3.8, 4) is 0 Å². The van der Waals surface area contributed by atoms with Gasteiger partial charge in [-0.05, 0) is 36.7 Å². The molecule has 0 spiro atoms. The minimum atomic E-state index is 0.594. The van der Waals surface area contributed by atoms with Gasteiger partial charge < -0.3 is 10.6 Å². The molecule has 0 saturated heterocycles. The first-order chi connectivity index (χ1) is 12.2. The van der Waals surface area contributed by atoms with Gasteiger partial charge >= 0.3 is 0 Å². The Balaban J connectivity index is 1.46. The Kier molecular flexibility index (Phi) is 5.80. The van der Waals surface area contributed by atoms with Crippen LogP contribution in [0.15, 0.2) is 66.9 Å². The van der Waals surface area contributed by atoms with Crippen molar-refractivity contribution in [2.75, 3.05) is 11.9 Å². The number of aryl methyl sites for hydroxylation is 1. The van der Waals surface area contributed by atoms with Crippen LogP contribution in [0.2, 0.25) is 0 Å². The highest BCUT2D eigenvalue weighted by molar-refractivity contribution is 7.80. The number of hydrogen-bond donors (Lipinski definition) is 2. The lowest BCUT2D eigenvalue weighted by Crippen LogP contribution is -2.30. The molecule has 0 atom stereocenters. The van der Waals surface area contributed by atoms with Gasteiger partial charge in [0.1, 0.15) is 0 Å². The Morgan fingerprint density at radius 3 is 2.64 bits per heavy atom. The van der Waals surface area contributed by atoms with Crippen LogP contribution < -0.4 is 10.6 Å². The predicted octanol–water partition coefficient (Wildman–Crippen LogP) is 3.77. The molecule has 3 rings (SSSR count). The zero-order valence-corrected chi connectivity index (χ0v) is 15.1. The average molecular weight is 350 g/mol. The first kappa shape index (κ1) is 17.2. The molecule has 1 heterocycles. The lowest BCUT2D eigenvalue weighted by atomic mass is 10.1. The van der Waals surface area contributed by atoms with E-state index >= 15 is 0 Å². The Hall–Kier alpha value is -2.66. The van der Waals surface area contributed by atoms with Gasteiger partial charge in [0.05, 0.1) is 6.54 Å². The molecule has 0 amide bonds. The van der Waals surface area contributed by atoms with E-state index in [9.17, 15) is 0 Å². The van der Waals surface area contributed by atoms with Crippen molar-refractivity contribution in [1.29, 1.82) is 0 Å². The van der Waals surface area contributed by atoms with Crippen molar-refractivity contribution in [2.45, 2.75) is 19.9 Å². The van der Waals surface area contributed by atoms with Gasteiger partial charge in [-0.15, -0.1) is 0 Å². The van der Waals surface area contributed by atoms with Crippen molar-refractivity contribution in [3.63, 3.8) is 0 Å². The summed E-state index contributed by atoms with van der Waals surface area (Å²) in [6, 6.07) is 20.7. The summed E-state index contributed by atoms with van der Waals surface area (Å²) in [7, 11) is 0. The van der Waals surface area contributed by atoms with E-state index in [1.54, 1.807) is 0 Å². The minimum absolute atomic E-state index is 0.594. The molecule has 25 heavy (non-hydrogen) atoms. The fourth-order valence-corrected chi connectivity index (χ4v) is 2.85. The number of nitrogens with zero attached hydrogens (tertiary/aromatic N) is 2. The second kappa shape index (κ2) is 8.44. The van der Waals surface area contributed by atoms with E-state index in [0.29, 0.717) is 5.11 Å². The van der Waals surface area contributed by atoms with Crippen molar-refractivity contribution < 1.29 is 0 Å². The number of rotatable bonds is 6. The van der Waals surface area contributed by atoms with E-state index in [1.807, 2.05) is 35.1 Å². The average Bonchev–Trinajstić information content (AvgIpc) is 3.02. The topological polar surface area (TPSA) is 41.9 Å². The lowest BCUT2D eigenvalue weighted by molar-refractivity contribution is 0.689. The fourth-order valence-electron chi connectivity index (χ4n) is 2.64. The Bertz CT molecular complexity index is 826. The fraction of sp³-hybridized carbons (Fsp3) is 0.200. The van der Waals surface area contributed by atoms with Crippen molar-refractivity contribution in [1.82, 2.24) is 15.1 Å². The highest BCUT2D eigenvalue weighted by atomic mass is 32.1. The maximum absolute atomic E-state index is 5.34. The maximum atomic E-state index is 5.34. The molecule has 0 aliphatic carbocycles. The third-order valence-corrected chi connectivity index (χ3v) is 4.10. The van der Waals surface area contributed by atoms with E-state index in [-0.39, 0.29) is 0 Å². The van der Waals surface area contributed by atoms with E-state index in [4.69, 9.17) is 12.2 Å². The molecular formula is C20H22N4S. The van der Waals surface area contributed by atoms with Gasteiger partial charge in [-0.1, -0.05) is 60.2 Å². The molecule has 4 nitrogen and oxygen atoms in total. The molecule has 0 fully saturated rings. The Morgan fingerprint density at radius 1 is 1.04 bits per heavy atom. The van der Waals surface area contributed by atoms with Crippen LogP contribution in [0, 0.1) is 6.92 Å². The molecule has 2 N–H and O–H groups in total. The van der Waals surface area contributed by atoms with Crippen molar-refractivity contribution in [2.24, 2.45) is 0 Å². The van der Waals surface area contributed by atoms with E-state index in [2.05, 4.69) is 59.1 Å². The molecule has 0 radical (unpaired) electrons. The van der Waals surface area contributed by atoms with Gasteiger partial charge in [-0.2, -0.15) is 5.10 Å². The third kappa shape index (κ3) is 5.43. The lowest BCUT2D eigenvalue weighted by Gasteiger charge is -2.08. The largest absolute Gasteiger partial charge is 0.362 e. The highest BCUT2D eigenvalue weighted by Gasteiger charge is 2.03. The zero-order valence-electron chi connectivity index (χ0n) is 14.3. The minimum Gasteiger partial charge on any atom is -0.362 e. The number of thiocarbonyl (C=S) groups is 1. The molecule has 0 aliphatic heterocycles. The molecule has 1 aromatic heterocycles. The van der Waals surface area contributed by atoms with Crippen LogP contribution >= 0.6 is 12.2 Å². The van der Waals surface area contributed by atoms with Gasteiger partial charge in [0.15, 0.2) is 10.9 Å². The second-order valence-electron chi connectivity index (χ2n) is 6.00. The van der Waals surface area contributed by atoms with Gasteiger partial charge in [0.25, 0.3) is 0 Å². The van der Waals surface area contributed by atoms with Crippen LogP contribution in [-0.2, 0) is 13.0 Å². The monoisotopic (exact) mass is 350 g/mol. The molecule has 0 bridgehead atoms. The van der Waals surface area contributed by atoms with Crippen LogP contribution in [0.4, 0.5) is 5.82 Å². The number of hydrogen-bond acceptors (Lipinski definition) is 2. The smallest absolute Gasteiger partial charge is 0.172 e. The second-order valence-corrected chi connectivity index (χ2v) is 6.41. The molecule has 2 aromatic carbocycles. The standard InChI is InChI=1S/C20H22N4S/c1-16-6-5-9-18(14-16)15-24-13-11-19(23-24)22-20(25)21-12-10-17-7-3-2-4-8-17/h2-9,11,13-14H,10,12,15H2,1H3,(H2,21,22,23,25). The van der Waals surface area contributed by atoms with E-state index < -0.39 is 0 Å². The van der Waals surface area contributed by atoms with Crippen molar-refractivity contribution in [3.05, 3.63) is 83.6 Å². The number of nitrogens with one attached hydrogen (secondary N) is 2. The summed E-state index contributed by atoms with van der Waals surface area (Å²) >= 11 is 5.34. The quantitative estimate of drug-likeness (QED) is 0.664. The van der Waals surface area contributed by atoms with Gasteiger partial charge in [-0.25, -0.2) is 0 Å². The van der Waals surface area contributed by atoms with Crippen LogP contribution in [0.3, 0.4) is 0 Å². The summed E-state index contributed by atoms with van der Waals surface area (Å²) in [6.07, 6.45) is 2.89. The molecule has 0 saturated carbocycles. The van der Waals surface area contributed by atoms with Crippen LogP contribution in [0.5, 0.6) is 0 Å². The predicted molar refractivity (Wildman–Crippen MR) is 107 cm³/mol. The van der Waals surface area contributed by atoms with Crippen LogP contribution in [0.1, 0.15) is 16.7 Å². The summed E-state index contributed by atoms with van der Waals surface area (Å²) in [6.45, 7) is 3.64. The number of anilines is 1. The molecule has 0 unspecified atom stereocenters. The number of aromatic nitrogens is 2. The van der Waals surface area contributed by atoms with Crippen molar-refractivity contribution >= 4 is 23.1 Å². The van der Waals surface area contributed by atoms with Crippen LogP contribution in [-0.4, -0.2) is 21.4 Å². The highest BCUT2D eigenvalue weighted by Crippen LogP contribution is 2.08. The number of benzene rings is 2. The summed E-state index contributed by atoms with van der Waals surface area (Å²) in [5.41, 5.74) is 3.78. The summed E-state index contributed by atoms with van der Waals surface area (Å²) in [5.74, 6) is 0.755. The summed E-state index contributed by atoms with van der Waals surface area (Å²) in [4.78, 5) is 0. The Labute approximate surface area is 153 Å². The summed E-state index contributed by atoms with van der Waals surface area (Å²) < 4.78 is 1.91. The van der Waals surface area contributed by atoms with Crippen LogP contribution in [0.25, 0.3) is 0 Å². The zero-order chi connectivity index (χ0) is 17.5. The molecule has 3 aromatic rings. The van der Waals surface area contributed by atoms with Gasteiger partial charge in [0.2, 0.25) is 0 Å². The van der Waals surface area contributed by atoms with Gasteiger partial charge in [0, 0.05) is 18.8 Å². The molecule has 0 aliphatic rings. The summed E-state index contributed by atoms with van der Waals surface area (Å²) in [5, 5.41) is 11.5.